The number of hydrogen-bond donors (Lipinski definition) is 1. The minimum atomic E-state index is -0.556. The van der Waals surface area contributed by atoms with Gasteiger partial charge < -0.3 is 10.1 Å². The van der Waals surface area contributed by atoms with E-state index in [1.54, 1.807) is 48.5 Å². The quantitative estimate of drug-likeness (QED) is 0.405. The number of ether oxygens (including phenoxy) is 1. The SMILES string of the molecule is CCOc1ccc(-n2c(=O)c3c4c(sc3n(CC(=O)Nc3ccccc3Cl)c2=O)CCCC4)cc1. The van der Waals surface area contributed by atoms with Crippen LogP contribution in [0.15, 0.2) is 58.1 Å². The van der Waals surface area contributed by atoms with E-state index in [9.17, 15) is 14.4 Å². The van der Waals surface area contributed by atoms with Crippen molar-refractivity contribution >= 4 is 44.7 Å². The largest absolute Gasteiger partial charge is 0.494 e. The molecule has 0 aliphatic heterocycles. The molecule has 0 radical (unpaired) electrons. The number of halogens is 1. The molecule has 0 atom stereocenters. The van der Waals surface area contributed by atoms with Gasteiger partial charge in [0.05, 0.1) is 28.4 Å². The molecule has 0 bridgehead atoms. The lowest BCUT2D eigenvalue weighted by Crippen LogP contribution is -2.40. The summed E-state index contributed by atoms with van der Waals surface area (Å²) in [5.41, 5.74) is 0.993. The van der Waals surface area contributed by atoms with Crippen molar-refractivity contribution in [2.24, 2.45) is 0 Å². The van der Waals surface area contributed by atoms with Crippen molar-refractivity contribution in [3.63, 3.8) is 0 Å². The monoisotopic (exact) mass is 509 g/mol. The molecule has 0 unspecified atom stereocenters. The van der Waals surface area contributed by atoms with E-state index in [1.807, 2.05) is 6.92 Å². The van der Waals surface area contributed by atoms with Crippen molar-refractivity contribution in [3.8, 4) is 11.4 Å². The summed E-state index contributed by atoms with van der Waals surface area (Å²) in [7, 11) is 0. The van der Waals surface area contributed by atoms with Gasteiger partial charge in [0.15, 0.2) is 0 Å². The summed E-state index contributed by atoms with van der Waals surface area (Å²) in [4.78, 5) is 42.0. The lowest BCUT2D eigenvalue weighted by atomic mass is 9.97. The number of hydrogen-bond acceptors (Lipinski definition) is 5. The van der Waals surface area contributed by atoms with Crippen LogP contribution in [-0.2, 0) is 24.2 Å². The van der Waals surface area contributed by atoms with Crippen molar-refractivity contribution in [2.75, 3.05) is 11.9 Å². The average Bonchev–Trinajstić information content (AvgIpc) is 3.24. The number of carbonyl (C=O) groups is 1. The first-order chi connectivity index (χ1) is 17.0. The number of aryl methyl sites for hydroxylation is 2. The summed E-state index contributed by atoms with van der Waals surface area (Å²) in [5.74, 6) is 0.252. The molecule has 2 heterocycles. The Morgan fingerprint density at radius 1 is 1.09 bits per heavy atom. The van der Waals surface area contributed by atoms with Gasteiger partial charge in [-0.3, -0.25) is 14.2 Å². The molecule has 1 N–H and O–H groups in total. The second kappa shape index (κ2) is 9.71. The number of benzene rings is 2. The van der Waals surface area contributed by atoms with E-state index in [-0.39, 0.29) is 12.1 Å². The van der Waals surface area contributed by atoms with Crippen LogP contribution in [0.5, 0.6) is 5.75 Å². The van der Waals surface area contributed by atoms with E-state index >= 15 is 0 Å². The second-order valence-electron chi connectivity index (χ2n) is 8.36. The fourth-order valence-corrected chi connectivity index (χ4v) is 6.05. The van der Waals surface area contributed by atoms with Crippen LogP contribution in [0.1, 0.15) is 30.2 Å². The molecule has 0 fully saturated rings. The summed E-state index contributed by atoms with van der Waals surface area (Å²) in [6.07, 6.45) is 3.70. The Kier molecular flexibility index (Phi) is 6.49. The summed E-state index contributed by atoms with van der Waals surface area (Å²) < 4.78 is 8.06. The molecule has 5 rings (SSSR count). The Balaban J connectivity index is 1.65. The predicted molar refractivity (Wildman–Crippen MR) is 140 cm³/mol. The number of fused-ring (bicyclic) bond motifs is 3. The molecule has 2 aromatic carbocycles. The van der Waals surface area contributed by atoms with Crippen LogP contribution in [-0.4, -0.2) is 21.6 Å². The van der Waals surface area contributed by atoms with Crippen molar-refractivity contribution in [1.82, 2.24) is 9.13 Å². The van der Waals surface area contributed by atoms with Crippen molar-refractivity contribution in [1.29, 1.82) is 0 Å². The molecule has 7 nitrogen and oxygen atoms in total. The van der Waals surface area contributed by atoms with Crippen LogP contribution in [0.25, 0.3) is 15.9 Å². The van der Waals surface area contributed by atoms with E-state index in [4.69, 9.17) is 16.3 Å². The molecule has 0 spiro atoms. The molecule has 2 aromatic heterocycles. The van der Waals surface area contributed by atoms with E-state index in [2.05, 4.69) is 5.32 Å². The van der Waals surface area contributed by atoms with E-state index < -0.39 is 11.6 Å². The first-order valence-corrected chi connectivity index (χ1v) is 12.7. The van der Waals surface area contributed by atoms with Crippen LogP contribution in [0, 0.1) is 0 Å². The molecule has 0 saturated carbocycles. The van der Waals surface area contributed by atoms with Crippen molar-refractivity contribution in [2.45, 2.75) is 39.2 Å². The summed E-state index contributed by atoms with van der Waals surface area (Å²) in [6.45, 7) is 2.16. The van der Waals surface area contributed by atoms with Gasteiger partial charge in [0, 0.05) is 4.88 Å². The second-order valence-corrected chi connectivity index (χ2v) is 9.85. The summed E-state index contributed by atoms with van der Waals surface area (Å²) in [5, 5.41) is 3.72. The minimum absolute atomic E-state index is 0.239. The van der Waals surface area contributed by atoms with Gasteiger partial charge in [-0.1, -0.05) is 23.7 Å². The summed E-state index contributed by atoms with van der Waals surface area (Å²) in [6, 6.07) is 13.8. The Bertz CT molecular complexity index is 1540. The van der Waals surface area contributed by atoms with Gasteiger partial charge in [-0.05, 0) is 74.6 Å². The topological polar surface area (TPSA) is 82.3 Å². The first-order valence-electron chi connectivity index (χ1n) is 11.6. The maximum absolute atomic E-state index is 13.7. The smallest absolute Gasteiger partial charge is 0.337 e. The molecular weight excluding hydrogens is 486 g/mol. The van der Waals surface area contributed by atoms with Crippen LogP contribution >= 0.6 is 22.9 Å². The molecule has 9 heteroatoms. The zero-order valence-electron chi connectivity index (χ0n) is 19.2. The Morgan fingerprint density at radius 3 is 2.57 bits per heavy atom. The molecule has 1 aliphatic rings. The predicted octanol–water partition coefficient (Wildman–Crippen LogP) is 4.78. The van der Waals surface area contributed by atoms with Gasteiger partial charge >= 0.3 is 5.69 Å². The number of nitrogens with zero attached hydrogens (tertiary/aromatic N) is 2. The molecular formula is C26H24ClN3O4S. The Hall–Kier alpha value is -3.36. The lowest BCUT2D eigenvalue weighted by molar-refractivity contribution is -0.116. The van der Waals surface area contributed by atoms with Gasteiger partial charge in [-0.25, -0.2) is 9.36 Å². The number of rotatable bonds is 6. The highest BCUT2D eigenvalue weighted by atomic mass is 35.5. The summed E-state index contributed by atoms with van der Waals surface area (Å²) >= 11 is 7.63. The van der Waals surface area contributed by atoms with E-state index in [0.717, 1.165) is 40.7 Å². The van der Waals surface area contributed by atoms with Crippen LogP contribution in [0.3, 0.4) is 0 Å². The van der Waals surface area contributed by atoms with E-state index in [0.29, 0.717) is 39.0 Å². The zero-order chi connectivity index (χ0) is 24.5. The van der Waals surface area contributed by atoms with Crippen molar-refractivity contribution < 1.29 is 9.53 Å². The molecule has 4 aromatic rings. The van der Waals surface area contributed by atoms with Gasteiger partial charge in [0.2, 0.25) is 5.91 Å². The van der Waals surface area contributed by atoms with E-state index in [1.165, 1.54) is 15.9 Å². The number of nitrogens with one attached hydrogen (secondary N) is 1. The van der Waals surface area contributed by atoms with Crippen LogP contribution in [0.4, 0.5) is 5.69 Å². The van der Waals surface area contributed by atoms with Gasteiger partial charge in [-0.2, -0.15) is 0 Å². The third kappa shape index (κ3) is 4.39. The number of anilines is 1. The van der Waals surface area contributed by atoms with Crippen LogP contribution < -0.4 is 21.3 Å². The van der Waals surface area contributed by atoms with Gasteiger partial charge in [-0.15, -0.1) is 11.3 Å². The maximum Gasteiger partial charge on any atom is 0.337 e. The fourth-order valence-electron chi connectivity index (χ4n) is 4.49. The van der Waals surface area contributed by atoms with Crippen LogP contribution in [0.2, 0.25) is 5.02 Å². The van der Waals surface area contributed by atoms with Gasteiger partial charge in [0.25, 0.3) is 5.56 Å². The normalized spacial score (nSPS) is 13.0. The third-order valence-corrected chi connectivity index (χ3v) is 7.74. The third-order valence-electron chi connectivity index (χ3n) is 6.09. The molecule has 180 valence electrons. The highest BCUT2D eigenvalue weighted by molar-refractivity contribution is 7.18. The highest BCUT2D eigenvalue weighted by Crippen LogP contribution is 2.34. The Morgan fingerprint density at radius 2 is 1.83 bits per heavy atom. The number of aromatic nitrogens is 2. The van der Waals surface area contributed by atoms with Crippen molar-refractivity contribution in [3.05, 3.63) is 84.8 Å². The first kappa shape index (κ1) is 23.4. The average molecular weight is 510 g/mol. The highest BCUT2D eigenvalue weighted by Gasteiger charge is 2.25. The molecule has 1 aliphatic carbocycles. The fraction of sp³-hybridized carbons (Fsp3) is 0.269. The number of amides is 1. The number of thiophene rings is 1. The molecule has 0 saturated heterocycles. The molecule has 1 amide bonds. The number of carbonyl (C=O) groups excluding carboxylic acids is 1. The molecule has 35 heavy (non-hydrogen) atoms. The number of para-hydroxylation sites is 1. The Labute approximate surface area is 210 Å². The van der Waals surface area contributed by atoms with Gasteiger partial charge in [0.1, 0.15) is 17.1 Å². The standard InChI is InChI=1S/C26H24ClN3O4S/c1-2-34-17-13-11-16(12-14-17)30-24(32)23-18-7-3-6-10-21(18)35-25(23)29(26(30)33)15-22(31)28-20-9-5-4-8-19(20)27/h4-5,8-9,11-14H,2-3,6-7,10,15H2,1H3,(H,28,31). The lowest BCUT2D eigenvalue weighted by Gasteiger charge is -2.14. The minimum Gasteiger partial charge on any atom is -0.494 e. The maximum atomic E-state index is 13.7. The zero-order valence-corrected chi connectivity index (χ0v) is 20.7.